The third-order valence-electron chi connectivity index (χ3n) is 4.38. The zero-order valence-electron chi connectivity index (χ0n) is 13.1. The van der Waals surface area contributed by atoms with Crippen molar-refractivity contribution in [3.8, 4) is 5.75 Å². The summed E-state index contributed by atoms with van der Waals surface area (Å²) >= 11 is 6.02. The molecular weight excluding hydrogens is 359 g/mol. The molecule has 0 bridgehead atoms. The fourth-order valence-corrected chi connectivity index (χ4v) is 5.32. The molecule has 2 saturated heterocycles. The third-order valence-corrected chi connectivity index (χ3v) is 6.57. The number of carbonyl (C=O) groups is 1. The molecule has 2 aliphatic rings. The monoisotopic (exact) mass is 376 g/mol. The maximum Gasteiger partial charge on any atom is 0.260 e. The average Bonchev–Trinajstić information content (AvgIpc) is 2.84. The second kappa shape index (κ2) is 6.50. The third kappa shape index (κ3) is 3.36. The molecule has 0 saturated carbocycles. The van der Waals surface area contributed by atoms with Crippen LogP contribution in [0.3, 0.4) is 0 Å². The number of sulfone groups is 1. The van der Waals surface area contributed by atoms with Crippen molar-refractivity contribution in [2.45, 2.75) is 19.0 Å². The Morgan fingerprint density at radius 3 is 2.96 bits per heavy atom. The quantitative estimate of drug-likeness (QED) is 0.843. The standard InChI is InChI=1S/C15H18ClFN2O4S/c1-9-2-3-10(17)15(14(9)16)23-6-13(20)19-5-4-18-11-7-24(21,22)8-12(11)19/h2-3,11-12,18H,4-8H2,1H3/t11-,12+/m0/s1. The summed E-state index contributed by atoms with van der Waals surface area (Å²) in [6.45, 7) is 2.23. The lowest BCUT2D eigenvalue weighted by atomic mass is 10.1. The van der Waals surface area contributed by atoms with Gasteiger partial charge in [0.15, 0.2) is 28.0 Å². The zero-order valence-corrected chi connectivity index (χ0v) is 14.7. The molecule has 6 nitrogen and oxygen atoms in total. The van der Waals surface area contributed by atoms with E-state index in [4.69, 9.17) is 16.3 Å². The van der Waals surface area contributed by atoms with Gasteiger partial charge in [0.25, 0.3) is 5.91 Å². The number of nitrogens with one attached hydrogen (secondary N) is 1. The summed E-state index contributed by atoms with van der Waals surface area (Å²) < 4.78 is 42.7. The molecule has 2 heterocycles. The van der Waals surface area contributed by atoms with Crippen LogP contribution in [0.5, 0.6) is 5.75 Å². The predicted octanol–water partition coefficient (Wildman–Crippen LogP) is 0.764. The number of nitrogens with zero attached hydrogens (tertiary/aromatic N) is 1. The Morgan fingerprint density at radius 2 is 2.21 bits per heavy atom. The smallest absolute Gasteiger partial charge is 0.260 e. The van der Waals surface area contributed by atoms with Crippen molar-refractivity contribution < 1.29 is 22.3 Å². The van der Waals surface area contributed by atoms with Crippen LogP contribution in [0.15, 0.2) is 12.1 Å². The molecule has 2 atom stereocenters. The first-order chi connectivity index (χ1) is 11.3. The Kier molecular flexibility index (Phi) is 4.72. The molecule has 2 fully saturated rings. The topological polar surface area (TPSA) is 75.7 Å². The Bertz CT molecular complexity index is 771. The minimum atomic E-state index is -3.16. The SMILES string of the molecule is Cc1ccc(F)c(OCC(=O)N2CCN[C@H]3CS(=O)(=O)C[C@H]32)c1Cl. The number of hydrogen-bond acceptors (Lipinski definition) is 5. The highest BCUT2D eigenvalue weighted by molar-refractivity contribution is 7.91. The van der Waals surface area contributed by atoms with Crippen molar-refractivity contribution in [3.05, 3.63) is 28.5 Å². The van der Waals surface area contributed by atoms with Gasteiger partial charge in [0, 0.05) is 19.1 Å². The molecule has 1 aromatic carbocycles. The first-order valence-electron chi connectivity index (χ1n) is 7.59. The van der Waals surface area contributed by atoms with Gasteiger partial charge >= 0.3 is 0 Å². The molecule has 132 valence electrons. The highest BCUT2D eigenvalue weighted by Crippen LogP contribution is 2.31. The lowest BCUT2D eigenvalue weighted by Gasteiger charge is -2.37. The van der Waals surface area contributed by atoms with E-state index >= 15 is 0 Å². The van der Waals surface area contributed by atoms with E-state index in [0.29, 0.717) is 18.7 Å². The highest BCUT2D eigenvalue weighted by atomic mass is 35.5. The Labute approximate surface area is 144 Å². The number of amides is 1. The van der Waals surface area contributed by atoms with E-state index in [2.05, 4.69) is 5.32 Å². The molecule has 24 heavy (non-hydrogen) atoms. The molecule has 9 heteroatoms. The van der Waals surface area contributed by atoms with Crippen molar-refractivity contribution in [2.75, 3.05) is 31.2 Å². The molecule has 0 aromatic heterocycles. The van der Waals surface area contributed by atoms with E-state index < -0.39 is 21.7 Å². The largest absolute Gasteiger partial charge is 0.479 e. The van der Waals surface area contributed by atoms with Crippen LogP contribution in [0.25, 0.3) is 0 Å². The van der Waals surface area contributed by atoms with E-state index in [0.717, 1.165) is 0 Å². The summed E-state index contributed by atoms with van der Waals surface area (Å²) in [7, 11) is -3.16. The number of fused-ring (bicyclic) bond motifs is 1. The number of hydrogen-bond donors (Lipinski definition) is 1. The summed E-state index contributed by atoms with van der Waals surface area (Å²) in [5, 5.41) is 3.26. The van der Waals surface area contributed by atoms with Gasteiger partial charge in [0.05, 0.1) is 22.6 Å². The van der Waals surface area contributed by atoms with E-state index in [1.807, 2.05) is 0 Å². The lowest BCUT2D eigenvalue weighted by molar-refractivity contribution is -0.136. The molecule has 0 spiro atoms. The summed E-state index contributed by atoms with van der Waals surface area (Å²) in [5.41, 5.74) is 0.643. The van der Waals surface area contributed by atoms with Gasteiger partial charge in [-0.25, -0.2) is 12.8 Å². The number of carbonyl (C=O) groups excluding carboxylic acids is 1. The van der Waals surface area contributed by atoms with Crippen molar-refractivity contribution in [1.82, 2.24) is 10.2 Å². The van der Waals surface area contributed by atoms with Gasteiger partial charge in [-0.3, -0.25) is 4.79 Å². The molecule has 1 N–H and O–H groups in total. The number of rotatable bonds is 3. The maximum atomic E-state index is 13.8. The van der Waals surface area contributed by atoms with Gasteiger partial charge < -0.3 is 15.0 Å². The Balaban J connectivity index is 1.70. The summed E-state index contributed by atoms with van der Waals surface area (Å²) in [6, 6.07) is 2.09. The van der Waals surface area contributed by atoms with Crippen molar-refractivity contribution in [3.63, 3.8) is 0 Å². The number of benzene rings is 1. The fourth-order valence-electron chi connectivity index (χ4n) is 3.16. The molecule has 2 aliphatic heterocycles. The lowest BCUT2D eigenvalue weighted by Crippen LogP contribution is -2.59. The van der Waals surface area contributed by atoms with Crippen LogP contribution in [-0.2, 0) is 14.6 Å². The summed E-state index contributed by atoms with van der Waals surface area (Å²) in [6.07, 6.45) is 0. The van der Waals surface area contributed by atoms with Crippen LogP contribution in [0.2, 0.25) is 5.02 Å². The van der Waals surface area contributed by atoms with Crippen LogP contribution in [0.4, 0.5) is 4.39 Å². The van der Waals surface area contributed by atoms with Crippen LogP contribution >= 0.6 is 11.6 Å². The van der Waals surface area contributed by atoms with Crippen molar-refractivity contribution in [1.29, 1.82) is 0 Å². The predicted molar refractivity (Wildman–Crippen MR) is 87.6 cm³/mol. The molecule has 0 radical (unpaired) electrons. The Hall–Kier alpha value is -1.38. The first kappa shape index (κ1) is 17.4. The zero-order chi connectivity index (χ0) is 17.5. The summed E-state index contributed by atoms with van der Waals surface area (Å²) in [4.78, 5) is 14.0. The Morgan fingerprint density at radius 1 is 1.46 bits per heavy atom. The van der Waals surface area contributed by atoms with Crippen molar-refractivity contribution >= 4 is 27.3 Å². The normalized spacial score (nSPS) is 25.4. The van der Waals surface area contributed by atoms with Gasteiger partial charge in [-0.05, 0) is 18.6 Å². The van der Waals surface area contributed by atoms with E-state index in [1.165, 1.54) is 17.0 Å². The van der Waals surface area contributed by atoms with E-state index in [1.54, 1.807) is 6.92 Å². The average molecular weight is 377 g/mol. The molecular formula is C15H18ClFN2O4S. The number of halogens is 2. The van der Waals surface area contributed by atoms with Gasteiger partial charge in [0.2, 0.25) is 0 Å². The first-order valence-corrected chi connectivity index (χ1v) is 9.79. The van der Waals surface area contributed by atoms with Gasteiger partial charge in [-0.1, -0.05) is 17.7 Å². The minimum Gasteiger partial charge on any atom is -0.479 e. The van der Waals surface area contributed by atoms with E-state index in [9.17, 15) is 17.6 Å². The van der Waals surface area contributed by atoms with Crippen molar-refractivity contribution in [2.24, 2.45) is 0 Å². The highest BCUT2D eigenvalue weighted by Gasteiger charge is 2.44. The van der Waals surface area contributed by atoms with Crippen LogP contribution in [0, 0.1) is 12.7 Å². The van der Waals surface area contributed by atoms with E-state index in [-0.39, 0.29) is 40.8 Å². The molecule has 1 aromatic rings. The summed E-state index contributed by atoms with van der Waals surface area (Å²) in [5.74, 6) is -1.20. The fraction of sp³-hybridized carbons (Fsp3) is 0.533. The second-order valence-electron chi connectivity index (χ2n) is 6.09. The molecule has 3 rings (SSSR count). The number of ether oxygens (including phenoxy) is 1. The van der Waals surface area contributed by atoms with Gasteiger partial charge in [-0.2, -0.15) is 0 Å². The van der Waals surface area contributed by atoms with Crippen LogP contribution in [0.1, 0.15) is 5.56 Å². The maximum absolute atomic E-state index is 13.8. The second-order valence-corrected chi connectivity index (χ2v) is 8.62. The molecule has 0 unspecified atom stereocenters. The van der Waals surface area contributed by atoms with Crippen LogP contribution in [-0.4, -0.2) is 62.5 Å². The minimum absolute atomic E-state index is 0.0284. The van der Waals surface area contributed by atoms with Gasteiger partial charge in [-0.15, -0.1) is 0 Å². The number of aryl methyl sites for hydroxylation is 1. The molecule has 1 amide bonds. The molecule has 0 aliphatic carbocycles. The van der Waals surface area contributed by atoms with Gasteiger partial charge in [0.1, 0.15) is 0 Å². The number of piperazine rings is 1. The van der Waals surface area contributed by atoms with Crippen LogP contribution < -0.4 is 10.1 Å².